The maximum absolute atomic E-state index is 12.4. The van der Waals surface area contributed by atoms with Gasteiger partial charge in [0.15, 0.2) is 0 Å². The Labute approximate surface area is 147 Å². The van der Waals surface area contributed by atoms with E-state index >= 15 is 0 Å². The lowest BCUT2D eigenvalue weighted by Crippen LogP contribution is -2.14. The number of carbonyl (C=O) groups excluding carboxylic acids is 1. The van der Waals surface area contributed by atoms with Crippen LogP contribution < -0.4 is 14.8 Å². The summed E-state index contributed by atoms with van der Waals surface area (Å²) < 4.78 is 10.2. The molecule has 126 valence electrons. The molecule has 1 amide bonds. The molecule has 2 aromatic rings. The number of amides is 1. The molecule has 0 fully saturated rings. The molecule has 0 aliphatic heterocycles. The molecule has 0 aliphatic rings. The van der Waals surface area contributed by atoms with E-state index in [9.17, 15) is 14.9 Å². The molecule has 0 spiro atoms. The predicted octanol–water partition coefficient (Wildman–Crippen LogP) is 4.17. The van der Waals surface area contributed by atoms with E-state index in [1.54, 1.807) is 0 Å². The van der Waals surface area contributed by atoms with Crippen LogP contribution in [0.2, 0.25) is 10.0 Å². The Morgan fingerprint density at radius 2 is 1.79 bits per heavy atom. The van der Waals surface area contributed by atoms with Crippen molar-refractivity contribution in [3.8, 4) is 11.5 Å². The van der Waals surface area contributed by atoms with Crippen LogP contribution in [0.15, 0.2) is 30.3 Å². The SMILES string of the molecule is COc1cc(OC)c(NC(=O)c2ccc(Cl)cc2[N+](=O)[O-])cc1Cl. The van der Waals surface area contributed by atoms with E-state index in [0.29, 0.717) is 11.5 Å². The monoisotopic (exact) mass is 370 g/mol. The van der Waals surface area contributed by atoms with Crippen molar-refractivity contribution in [1.29, 1.82) is 0 Å². The van der Waals surface area contributed by atoms with Crippen molar-refractivity contribution in [2.24, 2.45) is 0 Å². The van der Waals surface area contributed by atoms with Crippen molar-refractivity contribution in [3.05, 3.63) is 56.1 Å². The minimum absolute atomic E-state index is 0.140. The summed E-state index contributed by atoms with van der Waals surface area (Å²) in [5, 5.41) is 14.0. The fraction of sp³-hybridized carbons (Fsp3) is 0.133. The van der Waals surface area contributed by atoms with Gasteiger partial charge in [-0.2, -0.15) is 0 Å². The molecule has 0 aromatic heterocycles. The molecule has 0 heterocycles. The molecule has 0 saturated carbocycles. The summed E-state index contributed by atoms with van der Waals surface area (Å²) in [6.07, 6.45) is 0. The van der Waals surface area contributed by atoms with Gasteiger partial charge in [0, 0.05) is 17.2 Å². The second-order valence-electron chi connectivity index (χ2n) is 4.56. The number of hydrogen-bond donors (Lipinski definition) is 1. The van der Waals surface area contributed by atoms with Crippen LogP contribution in [0.1, 0.15) is 10.4 Å². The molecule has 24 heavy (non-hydrogen) atoms. The fourth-order valence-corrected chi connectivity index (χ4v) is 2.40. The smallest absolute Gasteiger partial charge is 0.283 e. The number of nitrogens with one attached hydrogen (secondary N) is 1. The number of halogens is 2. The average Bonchev–Trinajstić information content (AvgIpc) is 2.54. The third-order valence-electron chi connectivity index (χ3n) is 3.12. The molecule has 0 unspecified atom stereocenters. The third kappa shape index (κ3) is 3.69. The standard InChI is InChI=1S/C15H12Cl2N2O5/c1-23-13-7-14(24-2)11(6-10(13)17)18-15(20)9-4-3-8(16)5-12(9)19(21)22/h3-7H,1-2H3,(H,18,20). The first kappa shape index (κ1) is 17.8. The fourth-order valence-electron chi connectivity index (χ4n) is 2.00. The van der Waals surface area contributed by atoms with E-state index in [0.717, 1.165) is 6.07 Å². The highest BCUT2D eigenvalue weighted by Gasteiger charge is 2.22. The van der Waals surface area contributed by atoms with Crippen LogP contribution in [0.25, 0.3) is 0 Å². The third-order valence-corrected chi connectivity index (χ3v) is 3.65. The Hall–Kier alpha value is -2.51. The van der Waals surface area contributed by atoms with Crippen LogP contribution in [-0.2, 0) is 0 Å². The van der Waals surface area contributed by atoms with E-state index in [1.807, 2.05) is 0 Å². The van der Waals surface area contributed by atoms with E-state index < -0.39 is 16.5 Å². The Balaban J connectivity index is 2.40. The Morgan fingerprint density at radius 3 is 2.38 bits per heavy atom. The van der Waals surface area contributed by atoms with Gasteiger partial charge in [-0.15, -0.1) is 0 Å². The number of nitrogens with zero attached hydrogens (tertiary/aromatic N) is 1. The Morgan fingerprint density at radius 1 is 1.12 bits per heavy atom. The molecule has 1 N–H and O–H groups in total. The van der Waals surface area contributed by atoms with Gasteiger partial charge in [0.25, 0.3) is 11.6 Å². The first-order valence-corrected chi connectivity index (χ1v) is 7.29. The number of carbonyl (C=O) groups is 1. The van der Waals surface area contributed by atoms with Crippen LogP contribution in [0.5, 0.6) is 11.5 Å². The lowest BCUT2D eigenvalue weighted by Gasteiger charge is -2.13. The van der Waals surface area contributed by atoms with Gasteiger partial charge in [-0.1, -0.05) is 23.2 Å². The molecule has 2 aromatic carbocycles. The highest BCUT2D eigenvalue weighted by Crippen LogP contribution is 2.36. The van der Waals surface area contributed by atoms with Crippen LogP contribution in [0.4, 0.5) is 11.4 Å². The largest absolute Gasteiger partial charge is 0.495 e. The molecule has 0 radical (unpaired) electrons. The summed E-state index contributed by atoms with van der Waals surface area (Å²) in [5.41, 5.74) is -0.297. The van der Waals surface area contributed by atoms with E-state index in [1.165, 1.54) is 38.5 Å². The van der Waals surface area contributed by atoms with Gasteiger partial charge in [0.1, 0.15) is 17.1 Å². The zero-order valence-electron chi connectivity index (χ0n) is 12.6. The van der Waals surface area contributed by atoms with Gasteiger partial charge in [-0.25, -0.2) is 0 Å². The quantitative estimate of drug-likeness (QED) is 0.629. The first-order valence-electron chi connectivity index (χ1n) is 6.54. The highest BCUT2D eigenvalue weighted by molar-refractivity contribution is 6.32. The van der Waals surface area contributed by atoms with Crippen molar-refractivity contribution in [3.63, 3.8) is 0 Å². The van der Waals surface area contributed by atoms with Crippen molar-refractivity contribution in [2.45, 2.75) is 0 Å². The zero-order valence-corrected chi connectivity index (χ0v) is 14.1. The van der Waals surface area contributed by atoms with Crippen LogP contribution >= 0.6 is 23.2 Å². The first-order chi connectivity index (χ1) is 11.4. The average molecular weight is 371 g/mol. The summed E-state index contributed by atoms with van der Waals surface area (Å²) in [5.74, 6) is -0.0388. The number of hydrogen-bond acceptors (Lipinski definition) is 5. The minimum Gasteiger partial charge on any atom is -0.495 e. The highest BCUT2D eigenvalue weighted by atomic mass is 35.5. The molecule has 0 bridgehead atoms. The summed E-state index contributed by atoms with van der Waals surface area (Å²) in [4.78, 5) is 22.8. The normalized spacial score (nSPS) is 10.2. The topological polar surface area (TPSA) is 90.7 Å². The molecular formula is C15H12Cl2N2O5. The predicted molar refractivity (Wildman–Crippen MR) is 90.6 cm³/mol. The van der Waals surface area contributed by atoms with Crippen LogP contribution in [-0.4, -0.2) is 25.1 Å². The molecule has 0 atom stereocenters. The summed E-state index contributed by atoms with van der Waals surface area (Å²) in [6.45, 7) is 0. The molecule has 2 rings (SSSR count). The number of ether oxygens (including phenoxy) is 2. The lowest BCUT2D eigenvalue weighted by atomic mass is 10.1. The van der Waals surface area contributed by atoms with Gasteiger partial charge in [-0.3, -0.25) is 14.9 Å². The second kappa shape index (κ2) is 7.37. The lowest BCUT2D eigenvalue weighted by molar-refractivity contribution is -0.385. The second-order valence-corrected chi connectivity index (χ2v) is 5.40. The van der Waals surface area contributed by atoms with Crippen molar-refractivity contribution >= 4 is 40.5 Å². The van der Waals surface area contributed by atoms with Gasteiger partial charge >= 0.3 is 0 Å². The van der Waals surface area contributed by atoms with Gasteiger partial charge in [0.05, 0.1) is 29.9 Å². The van der Waals surface area contributed by atoms with Gasteiger partial charge < -0.3 is 14.8 Å². The number of methoxy groups -OCH3 is 2. The summed E-state index contributed by atoms with van der Waals surface area (Å²) in [7, 11) is 2.85. The van der Waals surface area contributed by atoms with E-state index in [-0.39, 0.29) is 21.3 Å². The maximum atomic E-state index is 12.4. The van der Waals surface area contributed by atoms with E-state index in [2.05, 4.69) is 5.32 Å². The Kier molecular flexibility index (Phi) is 5.48. The van der Waals surface area contributed by atoms with Crippen molar-refractivity contribution < 1.29 is 19.2 Å². The number of nitro benzene ring substituents is 1. The number of anilines is 1. The van der Waals surface area contributed by atoms with Gasteiger partial charge in [0.2, 0.25) is 0 Å². The maximum Gasteiger partial charge on any atom is 0.283 e. The number of nitro groups is 1. The molecule has 0 aliphatic carbocycles. The van der Waals surface area contributed by atoms with Crippen molar-refractivity contribution in [1.82, 2.24) is 0 Å². The zero-order chi connectivity index (χ0) is 17.9. The number of benzene rings is 2. The Bertz CT molecular complexity index is 811. The summed E-state index contributed by atoms with van der Waals surface area (Å²) >= 11 is 11.8. The number of rotatable bonds is 5. The van der Waals surface area contributed by atoms with Crippen molar-refractivity contribution in [2.75, 3.05) is 19.5 Å². The minimum atomic E-state index is -0.696. The van der Waals surface area contributed by atoms with Crippen LogP contribution in [0, 0.1) is 10.1 Å². The van der Waals surface area contributed by atoms with E-state index in [4.69, 9.17) is 32.7 Å². The molecular weight excluding hydrogens is 359 g/mol. The van der Waals surface area contributed by atoms with Crippen LogP contribution in [0.3, 0.4) is 0 Å². The summed E-state index contributed by atoms with van der Waals surface area (Å²) in [6, 6.07) is 6.69. The van der Waals surface area contributed by atoms with Gasteiger partial charge in [-0.05, 0) is 18.2 Å². The molecule has 7 nitrogen and oxygen atoms in total. The molecule has 9 heteroatoms. The molecule has 0 saturated heterocycles.